The SMILES string of the molecule is O=[N+]([O-])c1cnc(Br)cc1NC1CCCC1. The summed E-state index contributed by atoms with van der Waals surface area (Å²) in [4.78, 5) is 14.3. The molecule has 1 aliphatic carbocycles. The lowest BCUT2D eigenvalue weighted by Gasteiger charge is -2.13. The Bertz CT molecular complexity index is 405. The number of hydrogen-bond donors (Lipinski definition) is 1. The minimum Gasteiger partial charge on any atom is -0.377 e. The van der Waals surface area contributed by atoms with Gasteiger partial charge in [-0.05, 0) is 28.8 Å². The van der Waals surface area contributed by atoms with Gasteiger partial charge in [0.15, 0.2) is 0 Å². The molecule has 1 heterocycles. The molecular weight excluding hydrogens is 274 g/mol. The summed E-state index contributed by atoms with van der Waals surface area (Å²) in [5.74, 6) is 0. The first kappa shape index (κ1) is 11.3. The highest BCUT2D eigenvalue weighted by atomic mass is 79.9. The summed E-state index contributed by atoms with van der Waals surface area (Å²) in [6, 6.07) is 2.02. The highest BCUT2D eigenvalue weighted by molar-refractivity contribution is 9.10. The number of anilines is 1. The van der Waals surface area contributed by atoms with Crippen molar-refractivity contribution in [1.29, 1.82) is 0 Å². The Morgan fingerprint density at radius 1 is 1.50 bits per heavy atom. The van der Waals surface area contributed by atoms with Gasteiger partial charge in [0, 0.05) is 12.1 Å². The first-order valence-electron chi connectivity index (χ1n) is 5.23. The molecule has 1 saturated carbocycles. The molecule has 1 aromatic heterocycles. The summed E-state index contributed by atoms with van der Waals surface area (Å²) in [7, 11) is 0. The zero-order valence-electron chi connectivity index (χ0n) is 8.65. The highest BCUT2D eigenvalue weighted by Gasteiger charge is 2.20. The van der Waals surface area contributed by atoms with E-state index in [2.05, 4.69) is 26.2 Å². The second-order valence-corrected chi connectivity index (χ2v) is 4.72. The molecule has 1 aliphatic rings. The van der Waals surface area contributed by atoms with Crippen LogP contribution in [-0.4, -0.2) is 15.9 Å². The van der Waals surface area contributed by atoms with Crippen molar-refractivity contribution >= 4 is 27.3 Å². The van der Waals surface area contributed by atoms with E-state index in [0.717, 1.165) is 12.8 Å². The van der Waals surface area contributed by atoms with E-state index in [4.69, 9.17) is 0 Å². The van der Waals surface area contributed by atoms with Crippen LogP contribution in [0.5, 0.6) is 0 Å². The normalized spacial score (nSPS) is 16.3. The van der Waals surface area contributed by atoms with Crippen LogP contribution in [0.25, 0.3) is 0 Å². The summed E-state index contributed by atoms with van der Waals surface area (Å²) in [5, 5.41) is 14.0. The molecule has 5 nitrogen and oxygen atoms in total. The van der Waals surface area contributed by atoms with Gasteiger partial charge in [0.2, 0.25) is 0 Å². The molecule has 1 aromatic rings. The van der Waals surface area contributed by atoms with E-state index in [0.29, 0.717) is 16.3 Å². The maximum atomic E-state index is 10.8. The van der Waals surface area contributed by atoms with Crippen molar-refractivity contribution in [2.24, 2.45) is 0 Å². The monoisotopic (exact) mass is 285 g/mol. The number of nitrogens with zero attached hydrogens (tertiary/aromatic N) is 2. The molecule has 6 heteroatoms. The van der Waals surface area contributed by atoms with Crippen LogP contribution in [0.2, 0.25) is 0 Å². The predicted molar refractivity (Wildman–Crippen MR) is 64.5 cm³/mol. The Kier molecular flexibility index (Phi) is 3.38. The molecule has 86 valence electrons. The van der Waals surface area contributed by atoms with Crippen molar-refractivity contribution in [1.82, 2.24) is 4.98 Å². The van der Waals surface area contributed by atoms with Gasteiger partial charge in [0.25, 0.3) is 0 Å². The minimum atomic E-state index is -0.406. The molecule has 0 atom stereocenters. The van der Waals surface area contributed by atoms with Crippen LogP contribution in [0.15, 0.2) is 16.9 Å². The Hall–Kier alpha value is -1.17. The average molecular weight is 286 g/mol. The Labute approximate surface area is 102 Å². The van der Waals surface area contributed by atoms with Gasteiger partial charge in [0.05, 0.1) is 4.92 Å². The minimum absolute atomic E-state index is 0.0371. The number of pyridine rings is 1. The van der Waals surface area contributed by atoms with E-state index in [1.807, 2.05) is 0 Å². The fourth-order valence-electron chi connectivity index (χ4n) is 1.97. The number of halogens is 1. The quantitative estimate of drug-likeness (QED) is 0.526. The second kappa shape index (κ2) is 4.78. The molecule has 0 aromatic carbocycles. The predicted octanol–water partition coefficient (Wildman–Crippen LogP) is 3.11. The Morgan fingerprint density at radius 3 is 2.81 bits per heavy atom. The average Bonchev–Trinajstić information content (AvgIpc) is 2.70. The summed E-state index contributed by atoms with van der Waals surface area (Å²) in [5.41, 5.74) is 0.592. The number of rotatable bonds is 3. The van der Waals surface area contributed by atoms with Gasteiger partial charge in [0.1, 0.15) is 16.5 Å². The zero-order chi connectivity index (χ0) is 11.5. The molecule has 16 heavy (non-hydrogen) atoms. The highest BCUT2D eigenvalue weighted by Crippen LogP contribution is 2.29. The van der Waals surface area contributed by atoms with Gasteiger partial charge in [-0.25, -0.2) is 4.98 Å². The molecule has 0 amide bonds. The molecule has 0 unspecified atom stereocenters. The van der Waals surface area contributed by atoms with Gasteiger partial charge < -0.3 is 5.32 Å². The smallest absolute Gasteiger partial charge is 0.310 e. The van der Waals surface area contributed by atoms with Crippen molar-refractivity contribution in [3.05, 3.63) is 27.0 Å². The van der Waals surface area contributed by atoms with Gasteiger partial charge in [-0.3, -0.25) is 10.1 Å². The van der Waals surface area contributed by atoms with Crippen molar-refractivity contribution in [2.75, 3.05) is 5.32 Å². The van der Waals surface area contributed by atoms with E-state index < -0.39 is 4.92 Å². The molecule has 1 N–H and O–H groups in total. The third kappa shape index (κ3) is 2.49. The molecule has 0 aliphatic heterocycles. The summed E-state index contributed by atoms with van der Waals surface area (Å²) < 4.78 is 0.610. The number of aromatic nitrogens is 1. The standard InChI is InChI=1S/C10H12BrN3O2/c11-10-5-8(9(6-12-10)14(15)16)13-7-3-1-2-4-7/h5-7H,1-4H2,(H,12,13). The second-order valence-electron chi connectivity index (χ2n) is 3.91. The van der Waals surface area contributed by atoms with Crippen LogP contribution in [0.1, 0.15) is 25.7 Å². The molecule has 0 radical (unpaired) electrons. The first-order chi connectivity index (χ1) is 7.66. The van der Waals surface area contributed by atoms with Gasteiger partial charge in [-0.15, -0.1) is 0 Å². The Morgan fingerprint density at radius 2 is 2.19 bits per heavy atom. The van der Waals surface area contributed by atoms with E-state index in [1.165, 1.54) is 19.0 Å². The largest absolute Gasteiger partial charge is 0.377 e. The number of nitrogens with one attached hydrogen (secondary N) is 1. The molecule has 0 bridgehead atoms. The maximum Gasteiger partial charge on any atom is 0.310 e. The van der Waals surface area contributed by atoms with Crippen molar-refractivity contribution in [3.63, 3.8) is 0 Å². The number of nitro groups is 1. The summed E-state index contributed by atoms with van der Waals surface area (Å²) >= 11 is 3.22. The van der Waals surface area contributed by atoms with Gasteiger partial charge >= 0.3 is 5.69 Å². The van der Waals surface area contributed by atoms with Gasteiger partial charge in [-0.2, -0.15) is 0 Å². The molecule has 0 spiro atoms. The fourth-order valence-corrected chi connectivity index (χ4v) is 2.31. The van der Waals surface area contributed by atoms with Gasteiger partial charge in [-0.1, -0.05) is 12.8 Å². The zero-order valence-corrected chi connectivity index (χ0v) is 10.2. The molecule has 0 saturated heterocycles. The molecule has 2 rings (SSSR count). The van der Waals surface area contributed by atoms with E-state index >= 15 is 0 Å². The fraction of sp³-hybridized carbons (Fsp3) is 0.500. The summed E-state index contributed by atoms with van der Waals surface area (Å²) in [6.45, 7) is 0. The molecule has 1 fully saturated rings. The summed E-state index contributed by atoms with van der Waals surface area (Å²) in [6.07, 6.45) is 5.82. The van der Waals surface area contributed by atoms with Crippen LogP contribution in [-0.2, 0) is 0 Å². The van der Waals surface area contributed by atoms with E-state index in [1.54, 1.807) is 6.07 Å². The van der Waals surface area contributed by atoms with E-state index in [-0.39, 0.29) is 5.69 Å². The molecular formula is C10H12BrN3O2. The maximum absolute atomic E-state index is 10.8. The lowest BCUT2D eigenvalue weighted by Crippen LogP contribution is -2.15. The topological polar surface area (TPSA) is 68.1 Å². The first-order valence-corrected chi connectivity index (χ1v) is 6.02. The van der Waals surface area contributed by atoms with Crippen LogP contribution >= 0.6 is 15.9 Å². The van der Waals surface area contributed by atoms with E-state index in [9.17, 15) is 10.1 Å². The van der Waals surface area contributed by atoms with Crippen LogP contribution in [0.4, 0.5) is 11.4 Å². The third-order valence-corrected chi connectivity index (χ3v) is 3.19. The number of hydrogen-bond acceptors (Lipinski definition) is 4. The van der Waals surface area contributed by atoms with Crippen molar-refractivity contribution in [2.45, 2.75) is 31.7 Å². The lowest BCUT2D eigenvalue weighted by atomic mass is 10.2. The third-order valence-electron chi connectivity index (χ3n) is 2.76. The lowest BCUT2D eigenvalue weighted by molar-refractivity contribution is -0.384. The Balaban J connectivity index is 2.22. The van der Waals surface area contributed by atoms with Crippen molar-refractivity contribution in [3.8, 4) is 0 Å². The van der Waals surface area contributed by atoms with Crippen LogP contribution < -0.4 is 5.32 Å². The van der Waals surface area contributed by atoms with Crippen LogP contribution in [0.3, 0.4) is 0 Å². The van der Waals surface area contributed by atoms with Crippen molar-refractivity contribution < 1.29 is 4.92 Å². The van der Waals surface area contributed by atoms with Crippen LogP contribution in [0, 0.1) is 10.1 Å².